The van der Waals surface area contributed by atoms with Crippen LogP contribution in [0.1, 0.15) is 19.8 Å². The molecule has 0 saturated heterocycles. The summed E-state index contributed by atoms with van der Waals surface area (Å²) in [5, 5.41) is 30.2. The second kappa shape index (κ2) is 10.9. The van der Waals surface area contributed by atoms with Gasteiger partial charge in [0.05, 0.1) is 6.61 Å². The van der Waals surface area contributed by atoms with Crippen molar-refractivity contribution in [3.63, 3.8) is 0 Å². The fourth-order valence-electron chi connectivity index (χ4n) is 1.46. The molecule has 2 atom stereocenters. The van der Waals surface area contributed by atoms with Gasteiger partial charge in [0.2, 0.25) is 5.91 Å². The minimum atomic E-state index is -1.59. The van der Waals surface area contributed by atoms with Crippen LogP contribution in [0.25, 0.3) is 0 Å². The third-order valence-corrected chi connectivity index (χ3v) is 2.23. The summed E-state index contributed by atoms with van der Waals surface area (Å²) in [6, 6.07) is 0. The van der Waals surface area contributed by atoms with Gasteiger partial charge in [-0.2, -0.15) is 0 Å². The second-order valence-electron chi connectivity index (χ2n) is 4.09. The van der Waals surface area contributed by atoms with Gasteiger partial charge in [-0.3, -0.25) is 10.1 Å². The number of hydrogen-bond donors (Lipinski definition) is 5. The molecule has 132 valence electrons. The van der Waals surface area contributed by atoms with Crippen LogP contribution in [0.2, 0.25) is 0 Å². The molecular weight excluding hydrogens is 320 g/mol. The monoisotopic (exact) mass is 338 g/mol. The SMILES string of the molecule is CC(=O)N[C@H](CCN[C@H](CCOC(=O)O)OC(=O)O)OC(=O)O. The molecule has 0 aliphatic heterocycles. The second-order valence-corrected chi connectivity index (χ2v) is 4.09. The molecule has 0 heterocycles. The number of carboxylic acid groups (broad SMARTS) is 3. The molecule has 23 heavy (non-hydrogen) atoms. The normalized spacial score (nSPS) is 12.6. The van der Waals surface area contributed by atoms with Crippen LogP contribution in [-0.4, -0.2) is 65.3 Å². The van der Waals surface area contributed by atoms with Gasteiger partial charge in [0, 0.05) is 26.3 Å². The summed E-state index contributed by atoms with van der Waals surface area (Å²) in [6.45, 7) is 0.884. The standard InChI is InChI=1S/C11H18N2O10/c1-6(14)13-8(23-11(19)20)2-4-12-7(22-10(17)18)3-5-21-9(15)16/h7-8,12H,2-5H2,1H3,(H,13,14)(H,15,16)(H,17,18)(H,19,20)/t7-,8-/m0/s1. The molecule has 0 fully saturated rings. The maximum Gasteiger partial charge on any atom is 0.507 e. The Labute approximate surface area is 130 Å². The van der Waals surface area contributed by atoms with Gasteiger partial charge in [0.25, 0.3) is 0 Å². The van der Waals surface area contributed by atoms with Crippen LogP contribution in [0, 0.1) is 0 Å². The van der Waals surface area contributed by atoms with Crippen LogP contribution < -0.4 is 10.6 Å². The van der Waals surface area contributed by atoms with Gasteiger partial charge in [-0.15, -0.1) is 0 Å². The first-order valence-corrected chi connectivity index (χ1v) is 6.36. The lowest BCUT2D eigenvalue weighted by atomic mass is 10.3. The zero-order valence-corrected chi connectivity index (χ0v) is 12.2. The minimum absolute atomic E-state index is 0.00878. The van der Waals surface area contributed by atoms with Crippen molar-refractivity contribution in [1.29, 1.82) is 0 Å². The van der Waals surface area contributed by atoms with E-state index in [0.717, 1.165) is 0 Å². The maximum absolute atomic E-state index is 10.9. The van der Waals surface area contributed by atoms with Crippen molar-refractivity contribution in [2.24, 2.45) is 0 Å². The summed E-state index contributed by atoms with van der Waals surface area (Å²) in [4.78, 5) is 42.1. The van der Waals surface area contributed by atoms with E-state index in [1.165, 1.54) is 6.92 Å². The fourth-order valence-corrected chi connectivity index (χ4v) is 1.46. The Kier molecular flexibility index (Phi) is 9.59. The number of hydrogen-bond acceptors (Lipinski definition) is 8. The van der Waals surface area contributed by atoms with Crippen molar-refractivity contribution in [2.45, 2.75) is 32.2 Å². The summed E-state index contributed by atoms with van der Waals surface area (Å²) < 4.78 is 13.1. The summed E-state index contributed by atoms with van der Waals surface area (Å²) in [5.41, 5.74) is 0. The lowest BCUT2D eigenvalue weighted by Crippen LogP contribution is -2.41. The number of carbonyl (C=O) groups is 4. The maximum atomic E-state index is 10.9. The van der Waals surface area contributed by atoms with Gasteiger partial charge in [0.15, 0.2) is 12.5 Å². The van der Waals surface area contributed by atoms with Gasteiger partial charge in [0.1, 0.15) is 0 Å². The van der Waals surface area contributed by atoms with Crippen LogP contribution in [0.3, 0.4) is 0 Å². The minimum Gasteiger partial charge on any atom is -0.450 e. The van der Waals surface area contributed by atoms with Gasteiger partial charge in [-0.1, -0.05) is 0 Å². The third-order valence-electron chi connectivity index (χ3n) is 2.23. The molecule has 0 rings (SSSR count). The van der Waals surface area contributed by atoms with Crippen molar-refractivity contribution >= 4 is 24.4 Å². The van der Waals surface area contributed by atoms with Gasteiger partial charge < -0.3 is 34.8 Å². The average Bonchev–Trinajstić information content (AvgIpc) is 2.35. The molecule has 0 aromatic carbocycles. The van der Waals surface area contributed by atoms with E-state index in [1.807, 2.05) is 0 Å². The van der Waals surface area contributed by atoms with Gasteiger partial charge in [-0.25, -0.2) is 14.4 Å². The molecule has 0 radical (unpaired) electrons. The molecule has 0 saturated carbocycles. The highest BCUT2D eigenvalue weighted by Gasteiger charge is 2.18. The quantitative estimate of drug-likeness (QED) is 0.209. The Morgan fingerprint density at radius 2 is 1.48 bits per heavy atom. The van der Waals surface area contributed by atoms with Crippen molar-refractivity contribution in [1.82, 2.24) is 10.6 Å². The molecular formula is C11H18N2O10. The first-order valence-electron chi connectivity index (χ1n) is 6.36. The first-order chi connectivity index (χ1) is 10.7. The summed E-state index contributed by atoms with van der Waals surface area (Å²) in [5.74, 6) is -0.510. The highest BCUT2D eigenvalue weighted by molar-refractivity contribution is 5.73. The summed E-state index contributed by atoms with van der Waals surface area (Å²) >= 11 is 0. The van der Waals surface area contributed by atoms with Gasteiger partial charge >= 0.3 is 18.5 Å². The predicted octanol–water partition coefficient (Wildman–Crippen LogP) is 0.228. The molecule has 0 aliphatic rings. The highest BCUT2D eigenvalue weighted by Crippen LogP contribution is 2.00. The van der Waals surface area contributed by atoms with Crippen molar-refractivity contribution in [3.8, 4) is 0 Å². The van der Waals surface area contributed by atoms with Crippen molar-refractivity contribution in [2.75, 3.05) is 13.2 Å². The Morgan fingerprint density at radius 1 is 0.913 bits per heavy atom. The Balaban J connectivity index is 4.32. The van der Waals surface area contributed by atoms with Crippen LogP contribution in [0.5, 0.6) is 0 Å². The Hall–Kier alpha value is -2.76. The van der Waals surface area contributed by atoms with Crippen LogP contribution in [-0.2, 0) is 19.0 Å². The molecule has 0 spiro atoms. The molecule has 12 heteroatoms. The van der Waals surface area contributed by atoms with E-state index >= 15 is 0 Å². The van der Waals surface area contributed by atoms with E-state index < -0.39 is 36.8 Å². The van der Waals surface area contributed by atoms with Crippen LogP contribution >= 0.6 is 0 Å². The summed E-state index contributed by atoms with van der Waals surface area (Å²) in [7, 11) is 0. The average molecular weight is 338 g/mol. The lowest BCUT2D eigenvalue weighted by Gasteiger charge is -2.20. The van der Waals surface area contributed by atoms with E-state index in [2.05, 4.69) is 24.8 Å². The van der Waals surface area contributed by atoms with Gasteiger partial charge in [-0.05, 0) is 0 Å². The number of nitrogens with one attached hydrogen (secondary N) is 2. The van der Waals surface area contributed by atoms with E-state index in [-0.39, 0.29) is 26.0 Å². The smallest absolute Gasteiger partial charge is 0.450 e. The Morgan fingerprint density at radius 3 is 1.96 bits per heavy atom. The first kappa shape index (κ1) is 20.2. The highest BCUT2D eigenvalue weighted by atomic mass is 16.7. The molecule has 0 bridgehead atoms. The number of rotatable bonds is 10. The zero-order chi connectivity index (χ0) is 17.8. The van der Waals surface area contributed by atoms with Crippen molar-refractivity contribution < 1.29 is 48.7 Å². The third kappa shape index (κ3) is 12.7. The van der Waals surface area contributed by atoms with E-state index in [9.17, 15) is 19.2 Å². The van der Waals surface area contributed by atoms with E-state index in [0.29, 0.717) is 0 Å². The fraction of sp³-hybridized carbons (Fsp3) is 0.636. The summed E-state index contributed by atoms with van der Waals surface area (Å²) in [6.07, 6.45) is -6.99. The molecule has 5 N–H and O–H groups in total. The predicted molar refractivity (Wildman–Crippen MR) is 70.8 cm³/mol. The van der Waals surface area contributed by atoms with Crippen LogP contribution in [0.15, 0.2) is 0 Å². The number of carbonyl (C=O) groups excluding carboxylic acids is 1. The molecule has 0 aliphatic carbocycles. The van der Waals surface area contributed by atoms with Crippen LogP contribution in [0.4, 0.5) is 14.4 Å². The Bertz CT molecular complexity index is 411. The molecule has 12 nitrogen and oxygen atoms in total. The zero-order valence-electron chi connectivity index (χ0n) is 12.2. The molecule has 0 aromatic heterocycles. The lowest BCUT2D eigenvalue weighted by molar-refractivity contribution is -0.122. The molecule has 1 amide bonds. The molecule has 0 unspecified atom stereocenters. The van der Waals surface area contributed by atoms with E-state index in [4.69, 9.17) is 15.3 Å². The number of amides is 1. The largest absolute Gasteiger partial charge is 0.507 e. The topological polar surface area (TPSA) is 181 Å². The number of ether oxygens (including phenoxy) is 3. The molecule has 0 aromatic rings. The van der Waals surface area contributed by atoms with Crippen molar-refractivity contribution in [3.05, 3.63) is 0 Å². The van der Waals surface area contributed by atoms with E-state index in [1.54, 1.807) is 0 Å².